The Morgan fingerprint density at radius 1 is 0.528 bits per heavy atom. The van der Waals surface area contributed by atoms with Crippen molar-refractivity contribution in [1.82, 2.24) is 83.6 Å². The molecule has 5 aromatic carbocycles. The van der Waals surface area contributed by atoms with Crippen LogP contribution >= 0.6 is 0 Å². The molecule has 34 heteroatoms. The molecule has 10 aromatic heterocycles. The van der Waals surface area contributed by atoms with Gasteiger partial charge in [0.2, 0.25) is 0 Å². The standard InChI is InChI=1S/C24H26F3N5.C22H15F2N3.C21H14F3N4.C20H15F3N6.C6H6S.4Ir/c1-16(8-9-17-10-13-31(29-17)19-7-6-12-22(19,2)3)21-23(4,5)15-20(28-21)32-14-11-18(30-32)24(25,26)27;1-15(16-5-2-6-18(13-16)27-12-4-11-25-27)21-7-3-8-22(26-21)19-10-9-17(23)14-20(19)24;22-21(23,24)18-12-14-28(27-18)19-11-6-10-17(26-19)20(15-7-2-1-3-8-15)16-9-4-5-13-25-16;1-13(18-7-4-8-19(26-18)29-12-24-14(2)27-29)15-5-3-6-17(9-15)28-11-16(10-25-28)20(21,22)23;7-6-4-2-1-3-5-6;;;;/h6,10-13,15-16H,8-9H2,1-5H3;2-9,11-12,14-15H,1H3;1-13,20H;3-8,10-11,13H,1-2H3;1-5,7H;;;;/q2*-2;-1;-2;;;;;/p-1. The number of nitrogens with zero attached hydrogens (tertiary/aromatic N) is 18. The number of hydrogen-bond donors (Lipinski definition) is 0. The number of aliphatic imine (C=N–C) groups is 1. The summed E-state index contributed by atoms with van der Waals surface area (Å²) in [7, 11) is 0. The molecule has 127 heavy (non-hydrogen) atoms. The van der Waals surface area contributed by atoms with Gasteiger partial charge >= 0.3 is 18.5 Å². The number of rotatable bonds is 18. The van der Waals surface area contributed by atoms with Crippen LogP contribution in [0.15, 0.2) is 272 Å². The van der Waals surface area contributed by atoms with Crippen LogP contribution in [0.3, 0.4) is 0 Å². The molecule has 2 aliphatic rings. The Hall–Kier alpha value is -11.2. The molecule has 0 saturated heterocycles. The molecule has 18 nitrogen and oxygen atoms in total. The molecular weight excluding hydrogens is 2380 g/mol. The molecule has 0 spiro atoms. The number of halogens is 11. The van der Waals surface area contributed by atoms with E-state index in [0.717, 1.165) is 125 Å². The third-order valence-electron chi connectivity index (χ3n) is 19.6. The summed E-state index contributed by atoms with van der Waals surface area (Å²) in [5.74, 6) is 0.0834. The Balaban J connectivity index is 0.000000184. The Bertz CT molecular complexity index is 6180. The molecule has 11 heterocycles. The molecule has 1 aliphatic heterocycles. The average Bonchev–Trinajstić information content (AvgIpc) is 1.68. The summed E-state index contributed by atoms with van der Waals surface area (Å²) in [6.45, 7) is 16.1. The van der Waals surface area contributed by atoms with Crippen LogP contribution in [0.4, 0.5) is 48.3 Å². The summed E-state index contributed by atoms with van der Waals surface area (Å²) in [5.41, 5.74) is 7.11. The Labute approximate surface area is 785 Å². The van der Waals surface area contributed by atoms with Crippen molar-refractivity contribution in [3.05, 3.63) is 384 Å². The maximum Gasteiger partial charge on any atom is 0.419 e. The number of aryl methyl sites for hydroxylation is 2. The van der Waals surface area contributed by atoms with E-state index in [4.69, 9.17) is 17.7 Å². The monoisotopic (exact) mass is 2460 g/mol. The van der Waals surface area contributed by atoms with Gasteiger partial charge in [0.15, 0.2) is 0 Å². The van der Waals surface area contributed by atoms with E-state index in [0.29, 0.717) is 34.5 Å². The molecule has 15 aromatic rings. The third kappa shape index (κ3) is 25.6. The van der Waals surface area contributed by atoms with Crippen LogP contribution in [0.5, 0.6) is 0 Å². The van der Waals surface area contributed by atoms with E-state index < -0.39 is 47.1 Å². The van der Waals surface area contributed by atoms with Crippen LogP contribution in [0.1, 0.15) is 141 Å². The Morgan fingerprint density at radius 2 is 1.11 bits per heavy atom. The molecule has 0 saturated carbocycles. The number of pyridine rings is 4. The third-order valence-corrected chi connectivity index (χ3v) is 19.9. The van der Waals surface area contributed by atoms with Gasteiger partial charge in [-0.3, -0.25) is 48.0 Å². The summed E-state index contributed by atoms with van der Waals surface area (Å²) in [5, 5.41) is 24.1. The van der Waals surface area contributed by atoms with Crippen molar-refractivity contribution in [2.75, 3.05) is 0 Å². The number of allylic oxidation sites excluding steroid dienone is 5. The molecule has 0 N–H and O–H groups in total. The van der Waals surface area contributed by atoms with Gasteiger partial charge in [-0.15, -0.1) is 36.4 Å². The smallest absolute Gasteiger partial charge is 0.419 e. The number of hydrogen-bond acceptors (Lipinski definition) is 13. The van der Waals surface area contributed by atoms with E-state index >= 15 is 0 Å². The second kappa shape index (κ2) is 43.6. The molecule has 4 unspecified atom stereocenters. The summed E-state index contributed by atoms with van der Waals surface area (Å²) >= 11 is 4.81. The zero-order valence-electron chi connectivity index (χ0n) is 68.5. The van der Waals surface area contributed by atoms with E-state index in [1.165, 1.54) is 4.68 Å². The summed E-state index contributed by atoms with van der Waals surface area (Å²) in [6, 6.07) is 68.6. The van der Waals surface area contributed by atoms with Gasteiger partial charge in [-0.05, 0) is 103 Å². The normalized spacial score (nSPS) is 13.9. The maximum atomic E-state index is 14.1. The SMILES string of the molecule is CC(CCc1ccn(C2=[C-]C=CC2(C)C)n1)C1=NC(n2[c-]cc(C(F)(F)F)n2)=CC1(C)C.CC(c1[c-]c(-n2cccn2)ccc1)c1cccc(-c2[c-]cc(F)cc2F)n1.Cc1n[c-]n(-c2cccc(C(C)c3[c-]c(-n4cc(C(F)(F)F)cn4)ccc3)n2)n1.FC(F)(F)c1c[c-]n(-c2cccc(C(c3ccccc3)c3ccccn3)n2)n1.[Ir].[Ir].[Ir].[Ir].[S-]c1ccccc1. The molecule has 1 aliphatic carbocycles. The largest absolute Gasteiger partial charge is 0.780 e. The fraction of sp³-hybridized carbons (Fsp3) is 0.204. The fourth-order valence-electron chi connectivity index (χ4n) is 13.3. The second-order valence-corrected chi connectivity index (χ2v) is 30.0. The van der Waals surface area contributed by atoms with Gasteiger partial charge in [0.05, 0.1) is 52.1 Å². The predicted molar refractivity (Wildman–Crippen MR) is 442 cm³/mol. The van der Waals surface area contributed by atoms with Gasteiger partial charge in [-0.2, -0.15) is 107 Å². The predicted octanol–water partition coefficient (Wildman–Crippen LogP) is 20.8. The summed E-state index contributed by atoms with van der Waals surface area (Å²) < 4.78 is 151. The van der Waals surface area contributed by atoms with Crippen molar-refractivity contribution < 1.29 is 129 Å². The minimum absolute atomic E-state index is 0. The molecule has 0 fully saturated rings. The van der Waals surface area contributed by atoms with Gasteiger partial charge in [0, 0.05) is 169 Å². The van der Waals surface area contributed by atoms with Crippen molar-refractivity contribution in [2.24, 2.45) is 21.7 Å². The first-order valence-electron chi connectivity index (χ1n) is 38.4. The average molecular weight is 2450 g/mol. The van der Waals surface area contributed by atoms with Crippen LogP contribution in [0, 0.1) is 78.3 Å². The van der Waals surface area contributed by atoms with Crippen molar-refractivity contribution >= 4 is 29.9 Å². The Kier molecular flexibility index (Phi) is 34.2. The van der Waals surface area contributed by atoms with Crippen LogP contribution in [-0.2, 0) is 118 Å². The van der Waals surface area contributed by atoms with Gasteiger partial charge in [0.1, 0.15) is 0 Å². The first kappa shape index (κ1) is 99.6. The molecule has 664 valence electrons. The number of benzene rings is 5. The molecule has 17 rings (SSSR count). The van der Waals surface area contributed by atoms with Crippen LogP contribution in [-0.4, -0.2) is 89.3 Å². The van der Waals surface area contributed by atoms with Gasteiger partial charge in [-0.25, -0.2) is 23.3 Å². The fourth-order valence-corrected chi connectivity index (χ4v) is 13.4. The van der Waals surface area contributed by atoms with E-state index in [-0.39, 0.29) is 126 Å². The van der Waals surface area contributed by atoms with Crippen LogP contribution in [0.2, 0.25) is 0 Å². The number of alkyl halides is 9. The van der Waals surface area contributed by atoms with Crippen molar-refractivity contribution in [3.63, 3.8) is 0 Å². The quantitative estimate of drug-likeness (QED) is 0.0451. The minimum atomic E-state index is -4.53. The molecular formula is C93H75F11Ir4N18S-8. The van der Waals surface area contributed by atoms with Gasteiger partial charge in [0.25, 0.3) is 0 Å². The summed E-state index contributed by atoms with van der Waals surface area (Å²) in [4.78, 5) is 27.7. The maximum absolute atomic E-state index is 14.1. The van der Waals surface area contributed by atoms with Gasteiger partial charge in [-0.1, -0.05) is 193 Å². The van der Waals surface area contributed by atoms with E-state index in [1.807, 2.05) is 203 Å². The number of aromatic nitrogens is 17. The van der Waals surface area contributed by atoms with Crippen molar-refractivity contribution in [2.45, 2.75) is 109 Å². The van der Waals surface area contributed by atoms with E-state index in [2.05, 4.69) is 125 Å². The zero-order valence-corrected chi connectivity index (χ0v) is 78.9. The minimum Gasteiger partial charge on any atom is -0.780 e. The molecule has 4 atom stereocenters. The van der Waals surface area contributed by atoms with E-state index in [1.54, 1.807) is 60.4 Å². The summed E-state index contributed by atoms with van der Waals surface area (Å²) in [6.07, 6.45) is 14.0. The van der Waals surface area contributed by atoms with E-state index in [9.17, 15) is 48.3 Å². The Morgan fingerprint density at radius 3 is 1.67 bits per heavy atom. The topological polar surface area (TPSA) is 184 Å². The van der Waals surface area contributed by atoms with Gasteiger partial charge < -0.3 is 41.6 Å². The van der Waals surface area contributed by atoms with Crippen LogP contribution in [0.25, 0.3) is 45.8 Å². The molecule has 0 bridgehead atoms. The first-order valence-corrected chi connectivity index (χ1v) is 38.9. The van der Waals surface area contributed by atoms with Crippen LogP contribution < -0.4 is 0 Å². The molecule has 4 radical (unpaired) electrons. The van der Waals surface area contributed by atoms with Crippen molar-refractivity contribution in [1.29, 1.82) is 0 Å². The van der Waals surface area contributed by atoms with Crippen molar-refractivity contribution in [3.8, 4) is 34.3 Å². The second-order valence-electron chi connectivity index (χ2n) is 29.6. The first-order chi connectivity index (χ1) is 58.7. The molecule has 0 amide bonds. The zero-order chi connectivity index (χ0) is 87.4.